The zero-order chi connectivity index (χ0) is 11.5. The molecule has 1 aliphatic carbocycles. The van der Waals surface area contributed by atoms with Crippen LogP contribution in [0.2, 0.25) is 0 Å². The maximum Gasteiger partial charge on any atom is 0.220 e. The Morgan fingerprint density at radius 3 is 2.53 bits per heavy atom. The minimum Gasteiger partial charge on any atom is -0.392 e. The fourth-order valence-electron chi connectivity index (χ4n) is 1.73. The van der Waals surface area contributed by atoms with E-state index < -0.39 is 15.3 Å². The van der Waals surface area contributed by atoms with Crippen molar-refractivity contribution in [2.75, 3.05) is 6.54 Å². The maximum atomic E-state index is 11.7. The quantitative estimate of drug-likeness (QED) is 0.707. The second-order valence-corrected chi connectivity index (χ2v) is 6.65. The van der Waals surface area contributed by atoms with Crippen LogP contribution in [0.25, 0.3) is 0 Å². The van der Waals surface area contributed by atoms with Gasteiger partial charge < -0.3 is 5.73 Å². The fourth-order valence-corrected chi connectivity index (χ4v) is 3.13. The summed E-state index contributed by atoms with van der Waals surface area (Å²) in [6.45, 7) is 2.04. The Labute approximate surface area is 96.7 Å². The Kier molecular flexibility index (Phi) is 4.48. The topological polar surface area (TPSA) is 72.2 Å². The molecule has 1 atom stereocenters. The standard InChI is InChI=1S/C9H18N2O2S2/c1-7(9(10)14)15(12,13)11-6-8-4-2-3-5-8/h7-8,11H,2-6H2,1H3,(H2,10,14). The summed E-state index contributed by atoms with van der Waals surface area (Å²) in [6, 6.07) is 0. The van der Waals surface area contributed by atoms with Crippen LogP contribution in [0.5, 0.6) is 0 Å². The minimum absolute atomic E-state index is 0.0221. The highest BCUT2D eigenvalue weighted by Gasteiger charge is 2.24. The SMILES string of the molecule is CC(C(N)=S)S(=O)(=O)NCC1CCCC1. The Balaban J connectivity index is 2.45. The summed E-state index contributed by atoms with van der Waals surface area (Å²) < 4.78 is 25.9. The zero-order valence-electron chi connectivity index (χ0n) is 8.90. The molecule has 0 aromatic heterocycles. The van der Waals surface area contributed by atoms with Gasteiger partial charge in [0.2, 0.25) is 10.0 Å². The van der Waals surface area contributed by atoms with Gasteiger partial charge in [0.05, 0.1) is 4.99 Å². The number of rotatable bonds is 5. The van der Waals surface area contributed by atoms with Crippen molar-refractivity contribution in [3.05, 3.63) is 0 Å². The molecule has 0 heterocycles. The first-order valence-electron chi connectivity index (χ1n) is 5.21. The van der Waals surface area contributed by atoms with Crippen molar-refractivity contribution in [1.29, 1.82) is 0 Å². The zero-order valence-corrected chi connectivity index (χ0v) is 10.5. The van der Waals surface area contributed by atoms with Gasteiger partial charge in [-0.2, -0.15) is 0 Å². The summed E-state index contributed by atoms with van der Waals surface area (Å²) in [5.41, 5.74) is 5.32. The van der Waals surface area contributed by atoms with E-state index in [0.29, 0.717) is 12.5 Å². The van der Waals surface area contributed by atoms with Crippen LogP contribution in [0, 0.1) is 5.92 Å². The molecule has 1 fully saturated rings. The van der Waals surface area contributed by atoms with Gasteiger partial charge in [0.25, 0.3) is 0 Å². The Morgan fingerprint density at radius 2 is 2.07 bits per heavy atom. The average Bonchev–Trinajstić information content (AvgIpc) is 2.66. The summed E-state index contributed by atoms with van der Waals surface area (Å²) in [7, 11) is -3.36. The molecule has 1 aliphatic rings. The molecule has 3 N–H and O–H groups in total. The van der Waals surface area contributed by atoms with Crippen LogP contribution in [-0.2, 0) is 10.0 Å². The average molecular weight is 250 g/mol. The second-order valence-electron chi connectivity index (χ2n) is 4.09. The minimum atomic E-state index is -3.36. The largest absolute Gasteiger partial charge is 0.392 e. The normalized spacial score (nSPS) is 20.3. The molecule has 0 spiro atoms. The predicted molar refractivity (Wildman–Crippen MR) is 65.1 cm³/mol. The van der Waals surface area contributed by atoms with Gasteiger partial charge in [-0.3, -0.25) is 0 Å². The molecule has 0 radical (unpaired) electrons. The first kappa shape index (κ1) is 12.9. The first-order valence-corrected chi connectivity index (χ1v) is 7.16. The molecule has 0 aliphatic heterocycles. The van der Waals surface area contributed by atoms with Crippen molar-refractivity contribution in [3.63, 3.8) is 0 Å². The fraction of sp³-hybridized carbons (Fsp3) is 0.889. The molecule has 0 amide bonds. The lowest BCUT2D eigenvalue weighted by Crippen LogP contribution is -2.41. The number of nitrogens with two attached hydrogens (primary N) is 1. The molecule has 0 aromatic rings. The van der Waals surface area contributed by atoms with Gasteiger partial charge >= 0.3 is 0 Å². The Morgan fingerprint density at radius 1 is 1.53 bits per heavy atom. The molecule has 6 heteroatoms. The van der Waals surface area contributed by atoms with Crippen molar-refractivity contribution in [3.8, 4) is 0 Å². The van der Waals surface area contributed by atoms with E-state index in [9.17, 15) is 8.42 Å². The van der Waals surface area contributed by atoms with Crippen molar-refractivity contribution < 1.29 is 8.42 Å². The third kappa shape index (κ3) is 3.70. The van der Waals surface area contributed by atoms with Crippen LogP contribution in [-0.4, -0.2) is 25.2 Å². The highest BCUT2D eigenvalue weighted by molar-refractivity contribution is 7.93. The van der Waals surface area contributed by atoms with E-state index in [-0.39, 0.29) is 4.99 Å². The van der Waals surface area contributed by atoms with Crippen molar-refractivity contribution >= 4 is 27.2 Å². The Hall–Kier alpha value is -0.200. The van der Waals surface area contributed by atoms with Crippen LogP contribution in [0.3, 0.4) is 0 Å². The number of thiocarbonyl (C=S) groups is 1. The Bertz CT molecular complexity index is 321. The second kappa shape index (κ2) is 5.23. The summed E-state index contributed by atoms with van der Waals surface area (Å²) in [5.74, 6) is 0.485. The molecule has 0 aromatic carbocycles. The van der Waals surface area contributed by atoms with Gasteiger partial charge in [0.1, 0.15) is 5.25 Å². The van der Waals surface area contributed by atoms with E-state index in [1.807, 2.05) is 0 Å². The monoisotopic (exact) mass is 250 g/mol. The number of sulfonamides is 1. The molecule has 88 valence electrons. The van der Waals surface area contributed by atoms with Gasteiger partial charge in [0.15, 0.2) is 0 Å². The van der Waals surface area contributed by atoms with Crippen LogP contribution in [0.15, 0.2) is 0 Å². The molecule has 0 saturated heterocycles. The molecule has 4 nitrogen and oxygen atoms in total. The maximum absolute atomic E-state index is 11.7. The summed E-state index contributed by atoms with van der Waals surface area (Å²) in [5, 5.41) is -0.783. The van der Waals surface area contributed by atoms with E-state index in [4.69, 9.17) is 5.73 Å². The van der Waals surface area contributed by atoms with E-state index in [2.05, 4.69) is 16.9 Å². The summed E-state index contributed by atoms with van der Waals surface area (Å²) >= 11 is 4.67. The predicted octanol–water partition coefficient (Wildman–Crippen LogP) is 0.771. The summed E-state index contributed by atoms with van der Waals surface area (Å²) in [6.07, 6.45) is 4.64. The van der Waals surface area contributed by atoms with Crippen LogP contribution >= 0.6 is 12.2 Å². The third-order valence-electron chi connectivity index (χ3n) is 2.91. The first-order chi connectivity index (χ1) is 6.93. The lowest BCUT2D eigenvalue weighted by atomic mass is 10.1. The molecule has 1 rings (SSSR count). The van der Waals surface area contributed by atoms with Gasteiger partial charge in [-0.1, -0.05) is 25.1 Å². The number of hydrogen-bond donors (Lipinski definition) is 2. The van der Waals surface area contributed by atoms with Crippen LogP contribution in [0.1, 0.15) is 32.6 Å². The highest BCUT2D eigenvalue weighted by Crippen LogP contribution is 2.23. The van der Waals surface area contributed by atoms with Crippen molar-refractivity contribution in [2.24, 2.45) is 11.7 Å². The van der Waals surface area contributed by atoms with Crippen LogP contribution in [0.4, 0.5) is 0 Å². The summed E-state index contributed by atoms with van der Waals surface area (Å²) in [4.78, 5) is 0.0221. The number of hydrogen-bond acceptors (Lipinski definition) is 3. The number of nitrogens with one attached hydrogen (secondary N) is 1. The van der Waals surface area contributed by atoms with E-state index >= 15 is 0 Å². The third-order valence-corrected chi connectivity index (χ3v) is 5.17. The van der Waals surface area contributed by atoms with Crippen molar-refractivity contribution in [2.45, 2.75) is 37.9 Å². The lowest BCUT2D eigenvalue weighted by Gasteiger charge is -2.15. The smallest absolute Gasteiger partial charge is 0.220 e. The molecule has 1 saturated carbocycles. The molecule has 1 unspecified atom stereocenters. The highest BCUT2D eigenvalue weighted by atomic mass is 32.2. The van der Waals surface area contributed by atoms with E-state index in [1.165, 1.54) is 19.8 Å². The molecule has 15 heavy (non-hydrogen) atoms. The van der Waals surface area contributed by atoms with Crippen molar-refractivity contribution in [1.82, 2.24) is 4.72 Å². The van der Waals surface area contributed by atoms with Crippen LogP contribution < -0.4 is 10.5 Å². The van der Waals surface area contributed by atoms with E-state index in [0.717, 1.165) is 12.8 Å². The molecule has 0 bridgehead atoms. The van der Waals surface area contributed by atoms with Gasteiger partial charge in [-0.05, 0) is 25.7 Å². The van der Waals surface area contributed by atoms with Gasteiger partial charge in [0, 0.05) is 6.54 Å². The molecular weight excluding hydrogens is 232 g/mol. The van der Waals surface area contributed by atoms with E-state index in [1.54, 1.807) is 0 Å². The van der Waals surface area contributed by atoms with Gasteiger partial charge in [-0.25, -0.2) is 13.1 Å². The van der Waals surface area contributed by atoms with Gasteiger partial charge in [-0.15, -0.1) is 0 Å². The lowest BCUT2D eigenvalue weighted by molar-refractivity contribution is 0.518. The molecular formula is C9H18N2O2S2.